The molecule has 0 saturated heterocycles. The molecule has 4 heteroatoms. The number of hydrogen-bond acceptors (Lipinski definition) is 3. The minimum absolute atomic E-state index is 0.276. The lowest BCUT2D eigenvalue weighted by atomic mass is 10.3. The maximum Gasteiger partial charge on any atom is 0.145 e. The highest BCUT2D eigenvalue weighted by Gasteiger charge is 2.03. The molecule has 0 atom stereocenters. The van der Waals surface area contributed by atoms with Crippen molar-refractivity contribution in [1.82, 2.24) is 4.98 Å². The van der Waals surface area contributed by atoms with Gasteiger partial charge in [-0.25, -0.2) is 4.98 Å². The van der Waals surface area contributed by atoms with Crippen LogP contribution in [0.2, 0.25) is 5.02 Å². The summed E-state index contributed by atoms with van der Waals surface area (Å²) in [5.41, 5.74) is 0.472. The van der Waals surface area contributed by atoms with E-state index in [1.165, 1.54) is 6.20 Å². The van der Waals surface area contributed by atoms with Gasteiger partial charge in [0.1, 0.15) is 11.9 Å². The summed E-state index contributed by atoms with van der Waals surface area (Å²) in [6.07, 6.45) is 1.50. The SMILES string of the molecule is CC(C)Nc1ncc(C#N)cc1Cl. The van der Waals surface area contributed by atoms with Crippen LogP contribution in [0.3, 0.4) is 0 Å². The van der Waals surface area contributed by atoms with Crippen LogP contribution in [0.1, 0.15) is 19.4 Å². The molecule has 13 heavy (non-hydrogen) atoms. The molecule has 0 spiro atoms. The average molecular weight is 196 g/mol. The molecule has 0 fully saturated rings. The summed E-state index contributed by atoms with van der Waals surface area (Å²) in [6, 6.07) is 3.85. The molecular weight excluding hydrogens is 186 g/mol. The molecule has 0 bridgehead atoms. The van der Waals surface area contributed by atoms with Crippen LogP contribution < -0.4 is 5.32 Å². The minimum Gasteiger partial charge on any atom is -0.367 e. The van der Waals surface area contributed by atoms with Crippen molar-refractivity contribution in [2.75, 3.05) is 5.32 Å². The van der Waals surface area contributed by atoms with E-state index in [0.29, 0.717) is 16.4 Å². The van der Waals surface area contributed by atoms with E-state index in [2.05, 4.69) is 10.3 Å². The van der Waals surface area contributed by atoms with Crippen molar-refractivity contribution >= 4 is 17.4 Å². The predicted octanol–water partition coefficient (Wildman–Crippen LogP) is 2.43. The first-order valence-corrected chi connectivity index (χ1v) is 4.33. The molecule has 68 valence electrons. The summed E-state index contributed by atoms with van der Waals surface area (Å²) < 4.78 is 0. The topological polar surface area (TPSA) is 48.7 Å². The molecule has 0 unspecified atom stereocenters. The standard InChI is InChI=1S/C9H10ClN3/c1-6(2)13-9-8(10)3-7(4-11)5-12-9/h3,5-6H,1-2H3,(H,12,13). The first kappa shape index (κ1) is 9.82. The normalized spacial score (nSPS) is 9.77. The number of pyridine rings is 1. The third-order valence-corrected chi connectivity index (χ3v) is 1.68. The minimum atomic E-state index is 0.276. The predicted molar refractivity (Wildman–Crippen MR) is 52.7 cm³/mol. The zero-order valence-corrected chi connectivity index (χ0v) is 8.26. The molecule has 1 heterocycles. The van der Waals surface area contributed by atoms with E-state index in [9.17, 15) is 0 Å². The smallest absolute Gasteiger partial charge is 0.145 e. The quantitative estimate of drug-likeness (QED) is 0.789. The third kappa shape index (κ3) is 2.60. The van der Waals surface area contributed by atoms with E-state index in [1.54, 1.807) is 6.07 Å². The van der Waals surface area contributed by atoms with Gasteiger partial charge in [0.15, 0.2) is 0 Å². The lowest BCUT2D eigenvalue weighted by molar-refractivity contribution is 0.889. The number of aromatic nitrogens is 1. The second kappa shape index (κ2) is 4.11. The second-order valence-electron chi connectivity index (χ2n) is 2.97. The van der Waals surface area contributed by atoms with E-state index in [4.69, 9.17) is 16.9 Å². The highest BCUT2D eigenvalue weighted by Crippen LogP contribution is 2.20. The van der Waals surface area contributed by atoms with Gasteiger partial charge in [0.2, 0.25) is 0 Å². The zero-order valence-electron chi connectivity index (χ0n) is 7.50. The van der Waals surface area contributed by atoms with Gasteiger partial charge in [0.05, 0.1) is 10.6 Å². The second-order valence-corrected chi connectivity index (χ2v) is 3.37. The van der Waals surface area contributed by atoms with Crippen LogP contribution in [0.15, 0.2) is 12.3 Å². The van der Waals surface area contributed by atoms with Crippen LogP contribution in [-0.2, 0) is 0 Å². The van der Waals surface area contributed by atoms with Crippen molar-refractivity contribution in [3.05, 3.63) is 22.8 Å². The molecule has 1 N–H and O–H groups in total. The monoisotopic (exact) mass is 195 g/mol. The van der Waals surface area contributed by atoms with Gasteiger partial charge < -0.3 is 5.32 Å². The lowest BCUT2D eigenvalue weighted by Crippen LogP contribution is -2.11. The number of nitrogens with one attached hydrogen (secondary N) is 1. The molecule has 0 aliphatic carbocycles. The van der Waals surface area contributed by atoms with E-state index < -0.39 is 0 Å². The van der Waals surface area contributed by atoms with Crippen LogP contribution in [0, 0.1) is 11.3 Å². The fourth-order valence-corrected chi connectivity index (χ4v) is 1.10. The third-order valence-electron chi connectivity index (χ3n) is 1.40. The van der Waals surface area contributed by atoms with Crippen molar-refractivity contribution in [3.63, 3.8) is 0 Å². The molecule has 1 rings (SSSR count). The molecule has 0 aliphatic rings. The summed E-state index contributed by atoms with van der Waals surface area (Å²) in [5.74, 6) is 0.621. The Hall–Kier alpha value is -1.27. The van der Waals surface area contributed by atoms with Crippen LogP contribution in [0.5, 0.6) is 0 Å². The Morgan fingerprint density at radius 1 is 1.62 bits per heavy atom. The van der Waals surface area contributed by atoms with E-state index in [1.807, 2.05) is 19.9 Å². The molecule has 0 aromatic carbocycles. The number of rotatable bonds is 2. The van der Waals surface area contributed by atoms with E-state index in [0.717, 1.165) is 0 Å². The zero-order chi connectivity index (χ0) is 9.84. The molecule has 1 aromatic rings. The maximum atomic E-state index is 8.57. The number of anilines is 1. The summed E-state index contributed by atoms with van der Waals surface area (Å²) >= 11 is 5.88. The van der Waals surface area contributed by atoms with Gasteiger partial charge in [-0.15, -0.1) is 0 Å². The Morgan fingerprint density at radius 3 is 2.77 bits per heavy atom. The molecule has 3 nitrogen and oxygen atoms in total. The van der Waals surface area contributed by atoms with Crippen LogP contribution in [-0.4, -0.2) is 11.0 Å². The first-order valence-electron chi connectivity index (χ1n) is 3.95. The van der Waals surface area contributed by atoms with Crippen molar-refractivity contribution in [3.8, 4) is 6.07 Å². The fourth-order valence-electron chi connectivity index (χ4n) is 0.879. The van der Waals surface area contributed by atoms with Gasteiger partial charge >= 0.3 is 0 Å². The summed E-state index contributed by atoms with van der Waals surface area (Å²) in [5, 5.41) is 12.1. The Morgan fingerprint density at radius 2 is 2.31 bits per heavy atom. The van der Waals surface area contributed by atoms with Gasteiger partial charge in [-0.2, -0.15) is 5.26 Å². The molecular formula is C9H10ClN3. The van der Waals surface area contributed by atoms with Crippen molar-refractivity contribution in [2.45, 2.75) is 19.9 Å². The molecule has 1 aromatic heterocycles. The number of hydrogen-bond donors (Lipinski definition) is 1. The van der Waals surface area contributed by atoms with E-state index >= 15 is 0 Å². The molecule has 0 amide bonds. The summed E-state index contributed by atoms with van der Waals surface area (Å²) in [7, 11) is 0. The van der Waals surface area contributed by atoms with Crippen LogP contribution in [0.4, 0.5) is 5.82 Å². The van der Waals surface area contributed by atoms with E-state index in [-0.39, 0.29) is 6.04 Å². The van der Waals surface area contributed by atoms with Crippen molar-refractivity contribution in [2.24, 2.45) is 0 Å². The molecule has 0 aliphatic heterocycles. The van der Waals surface area contributed by atoms with Crippen molar-refractivity contribution < 1.29 is 0 Å². The average Bonchev–Trinajstić information content (AvgIpc) is 2.08. The highest BCUT2D eigenvalue weighted by atomic mass is 35.5. The van der Waals surface area contributed by atoms with Gasteiger partial charge in [0, 0.05) is 12.2 Å². The highest BCUT2D eigenvalue weighted by molar-refractivity contribution is 6.33. The van der Waals surface area contributed by atoms with Gasteiger partial charge in [-0.3, -0.25) is 0 Å². The van der Waals surface area contributed by atoms with Gasteiger partial charge in [-0.1, -0.05) is 11.6 Å². The Balaban J connectivity index is 2.93. The summed E-state index contributed by atoms with van der Waals surface area (Å²) in [4.78, 5) is 4.02. The lowest BCUT2D eigenvalue weighted by Gasteiger charge is -2.09. The maximum absolute atomic E-state index is 8.57. The number of nitriles is 1. The number of nitrogens with zero attached hydrogens (tertiary/aromatic N) is 2. The van der Waals surface area contributed by atoms with Crippen molar-refractivity contribution in [1.29, 1.82) is 5.26 Å². The largest absolute Gasteiger partial charge is 0.367 e. The van der Waals surface area contributed by atoms with Crippen LogP contribution >= 0.6 is 11.6 Å². The Labute approximate surface area is 82.4 Å². The number of halogens is 1. The Bertz CT molecular complexity index is 341. The molecule has 0 saturated carbocycles. The summed E-state index contributed by atoms with van der Waals surface area (Å²) in [6.45, 7) is 3.99. The van der Waals surface area contributed by atoms with Crippen LogP contribution in [0.25, 0.3) is 0 Å². The fraction of sp³-hybridized carbons (Fsp3) is 0.333. The molecule has 0 radical (unpaired) electrons. The van der Waals surface area contributed by atoms with Gasteiger partial charge in [-0.05, 0) is 19.9 Å². The first-order chi connectivity index (χ1) is 6.13. The Kier molecular flexibility index (Phi) is 3.10. The van der Waals surface area contributed by atoms with Gasteiger partial charge in [0.25, 0.3) is 0 Å².